The van der Waals surface area contributed by atoms with Crippen LogP contribution in [0.4, 0.5) is 5.69 Å². The van der Waals surface area contributed by atoms with Crippen molar-refractivity contribution in [2.24, 2.45) is 0 Å². The molecular weight excluding hydrogens is 390 g/mol. The number of aliphatic hydroxyl groups excluding tert-OH is 2. The molecule has 11 nitrogen and oxygen atoms in total. The molecule has 1 aromatic carbocycles. The molecule has 1 fully saturated rings. The fourth-order valence-corrected chi connectivity index (χ4v) is 2.80. The summed E-state index contributed by atoms with van der Waals surface area (Å²) in [7, 11) is 1.08. The van der Waals surface area contributed by atoms with E-state index in [0.717, 1.165) is 21.0 Å². The fraction of sp³-hybridized carbons (Fsp3) is 0.500. The SMILES string of the molecule is COC(=O)[C@H]1O[C@@H](Oc2ccc(CO)cc2N)[C@H](OC(C)=O)[C@@H](OC(C)=O)[C@@H]1O. The van der Waals surface area contributed by atoms with Gasteiger partial charge in [0, 0.05) is 13.8 Å². The van der Waals surface area contributed by atoms with E-state index in [4.69, 9.17) is 24.7 Å². The second kappa shape index (κ2) is 9.54. The summed E-state index contributed by atoms with van der Waals surface area (Å²) in [6.45, 7) is 1.94. The van der Waals surface area contributed by atoms with Crippen LogP contribution in [0.3, 0.4) is 0 Å². The molecule has 0 saturated carbocycles. The molecule has 0 amide bonds. The van der Waals surface area contributed by atoms with Gasteiger partial charge in [0.25, 0.3) is 0 Å². The van der Waals surface area contributed by atoms with E-state index in [-0.39, 0.29) is 18.0 Å². The van der Waals surface area contributed by atoms with Gasteiger partial charge in [0.15, 0.2) is 12.2 Å². The van der Waals surface area contributed by atoms with Crippen molar-refractivity contribution >= 4 is 23.6 Å². The van der Waals surface area contributed by atoms with Gasteiger partial charge in [-0.15, -0.1) is 0 Å². The van der Waals surface area contributed by atoms with Crippen molar-refractivity contribution in [1.82, 2.24) is 0 Å². The van der Waals surface area contributed by atoms with Crippen LogP contribution >= 0.6 is 0 Å². The summed E-state index contributed by atoms with van der Waals surface area (Å²) in [5, 5.41) is 19.6. The molecule has 0 unspecified atom stereocenters. The van der Waals surface area contributed by atoms with Crippen molar-refractivity contribution in [2.45, 2.75) is 51.2 Å². The number of carbonyl (C=O) groups is 3. The van der Waals surface area contributed by atoms with E-state index in [0.29, 0.717) is 5.56 Å². The van der Waals surface area contributed by atoms with Gasteiger partial charge in [-0.25, -0.2) is 4.79 Å². The highest BCUT2D eigenvalue weighted by Crippen LogP contribution is 2.31. The van der Waals surface area contributed by atoms with Crippen molar-refractivity contribution in [3.05, 3.63) is 23.8 Å². The first-order valence-electron chi connectivity index (χ1n) is 8.59. The smallest absolute Gasteiger partial charge is 0.338 e. The molecule has 2 rings (SSSR count). The first-order chi connectivity index (χ1) is 13.7. The summed E-state index contributed by atoms with van der Waals surface area (Å²) in [4.78, 5) is 35.1. The highest BCUT2D eigenvalue weighted by Gasteiger charge is 2.53. The highest BCUT2D eigenvalue weighted by molar-refractivity contribution is 5.76. The van der Waals surface area contributed by atoms with Crippen molar-refractivity contribution in [3.63, 3.8) is 0 Å². The zero-order chi connectivity index (χ0) is 21.7. The molecule has 0 bridgehead atoms. The first kappa shape index (κ1) is 22.4. The van der Waals surface area contributed by atoms with Crippen molar-refractivity contribution in [1.29, 1.82) is 0 Å². The number of esters is 3. The number of aliphatic hydroxyl groups is 2. The molecule has 4 N–H and O–H groups in total. The lowest BCUT2D eigenvalue weighted by molar-refractivity contribution is -0.279. The summed E-state index contributed by atoms with van der Waals surface area (Å²) in [5.41, 5.74) is 6.55. The molecule has 0 aromatic heterocycles. The maximum atomic E-state index is 12.0. The van der Waals surface area contributed by atoms with E-state index in [9.17, 15) is 24.6 Å². The number of nitrogen functional groups attached to an aromatic ring is 1. The summed E-state index contributed by atoms with van der Waals surface area (Å²) in [6, 6.07) is 4.43. The highest BCUT2D eigenvalue weighted by atomic mass is 16.7. The van der Waals surface area contributed by atoms with Crippen LogP contribution in [0.2, 0.25) is 0 Å². The Labute approximate surface area is 166 Å². The van der Waals surface area contributed by atoms with Crippen LogP contribution in [-0.4, -0.2) is 65.9 Å². The third-order valence-corrected chi connectivity index (χ3v) is 4.06. The van der Waals surface area contributed by atoms with Gasteiger partial charge in [-0.2, -0.15) is 0 Å². The van der Waals surface area contributed by atoms with Gasteiger partial charge in [-0.3, -0.25) is 9.59 Å². The van der Waals surface area contributed by atoms with Crippen LogP contribution in [0.15, 0.2) is 18.2 Å². The molecule has 1 saturated heterocycles. The minimum atomic E-state index is -1.69. The minimum absolute atomic E-state index is 0.0888. The molecule has 1 heterocycles. The Morgan fingerprint density at radius 1 is 1.14 bits per heavy atom. The lowest BCUT2D eigenvalue weighted by Crippen LogP contribution is -2.63. The number of hydrogen-bond acceptors (Lipinski definition) is 11. The van der Waals surface area contributed by atoms with Crippen molar-refractivity contribution in [3.8, 4) is 5.75 Å². The van der Waals surface area contributed by atoms with Crippen LogP contribution in [-0.2, 0) is 39.9 Å². The van der Waals surface area contributed by atoms with E-state index >= 15 is 0 Å². The third kappa shape index (κ3) is 5.34. The number of nitrogens with two attached hydrogens (primary N) is 1. The van der Waals surface area contributed by atoms with Crippen LogP contribution in [0.5, 0.6) is 5.75 Å². The number of anilines is 1. The number of carbonyl (C=O) groups excluding carboxylic acids is 3. The molecule has 1 aliphatic rings. The summed E-state index contributed by atoms with van der Waals surface area (Å²) >= 11 is 0. The lowest BCUT2D eigenvalue weighted by Gasteiger charge is -2.41. The Kier molecular flexibility index (Phi) is 7.37. The van der Waals surface area contributed by atoms with Crippen LogP contribution in [0.1, 0.15) is 19.4 Å². The van der Waals surface area contributed by atoms with Gasteiger partial charge in [-0.1, -0.05) is 6.07 Å². The summed E-state index contributed by atoms with van der Waals surface area (Å²) in [5.74, 6) is -2.42. The fourth-order valence-electron chi connectivity index (χ4n) is 2.80. The lowest BCUT2D eigenvalue weighted by atomic mass is 9.98. The van der Waals surface area contributed by atoms with Crippen molar-refractivity contribution in [2.75, 3.05) is 12.8 Å². The van der Waals surface area contributed by atoms with Crippen molar-refractivity contribution < 1.29 is 48.3 Å². The summed E-state index contributed by atoms with van der Waals surface area (Å²) < 4.78 is 26.0. The average molecular weight is 413 g/mol. The Hall–Kier alpha value is -2.89. The molecule has 1 aliphatic heterocycles. The Bertz CT molecular complexity index is 767. The number of benzene rings is 1. The standard InChI is InChI=1S/C18H23NO10/c1-8(21)26-14-13(23)15(17(24)25-3)29-18(16(14)27-9(2)22)28-12-5-4-10(7-20)6-11(12)19/h4-6,13-16,18,20,23H,7,19H2,1-3H3/t13-,14-,15-,16+,18+/m0/s1. The average Bonchev–Trinajstić information content (AvgIpc) is 2.66. The molecule has 0 aliphatic carbocycles. The maximum Gasteiger partial charge on any atom is 0.338 e. The first-order valence-corrected chi connectivity index (χ1v) is 8.59. The second-order valence-corrected chi connectivity index (χ2v) is 6.24. The maximum absolute atomic E-state index is 12.0. The number of rotatable bonds is 6. The zero-order valence-corrected chi connectivity index (χ0v) is 16.1. The van der Waals surface area contributed by atoms with E-state index < -0.39 is 48.6 Å². The Morgan fingerprint density at radius 2 is 1.76 bits per heavy atom. The predicted octanol–water partition coefficient (Wildman–Crippen LogP) is -0.738. The number of methoxy groups -OCH3 is 1. The Balaban J connectivity index is 2.41. The molecule has 0 radical (unpaired) electrons. The van der Waals surface area contributed by atoms with E-state index in [1.54, 1.807) is 0 Å². The van der Waals surface area contributed by atoms with Gasteiger partial charge < -0.3 is 39.6 Å². The third-order valence-electron chi connectivity index (χ3n) is 4.06. The van der Waals surface area contributed by atoms with E-state index in [1.807, 2.05) is 0 Å². The molecule has 29 heavy (non-hydrogen) atoms. The monoisotopic (exact) mass is 413 g/mol. The second-order valence-electron chi connectivity index (χ2n) is 6.24. The van der Waals surface area contributed by atoms with Gasteiger partial charge in [0.1, 0.15) is 11.9 Å². The zero-order valence-electron chi connectivity index (χ0n) is 16.1. The molecular formula is C18H23NO10. The quantitative estimate of drug-likeness (QED) is 0.306. The van der Waals surface area contributed by atoms with Gasteiger partial charge in [-0.05, 0) is 17.7 Å². The van der Waals surface area contributed by atoms with Gasteiger partial charge in [0.05, 0.1) is 19.4 Å². The number of ether oxygens (including phenoxy) is 5. The van der Waals surface area contributed by atoms with Gasteiger partial charge in [0.2, 0.25) is 12.4 Å². The minimum Gasteiger partial charge on any atom is -0.467 e. The topological polar surface area (TPSA) is 164 Å². The largest absolute Gasteiger partial charge is 0.467 e. The van der Waals surface area contributed by atoms with Crippen LogP contribution in [0, 0.1) is 0 Å². The van der Waals surface area contributed by atoms with Crippen LogP contribution in [0.25, 0.3) is 0 Å². The van der Waals surface area contributed by atoms with Crippen LogP contribution < -0.4 is 10.5 Å². The van der Waals surface area contributed by atoms with Gasteiger partial charge >= 0.3 is 17.9 Å². The normalized spacial score (nSPS) is 26.3. The molecule has 0 spiro atoms. The van der Waals surface area contributed by atoms with E-state index in [2.05, 4.69) is 4.74 Å². The predicted molar refractivity (Wildman–Crippen MR) is 95.2 cm³/mol. The molecule has 160 valence electrons. The summed E-state index contributed by atoms with van der Waals surface area (Å²) in [6.07, 6.45) is -7.64. The van der Waals surface area contributed by atoms with E-state index in [1.165, 1.54) is 18.2 Å². The molecule has 11 heteroatoms. The molecule has 5 atom stereocenters. The molecule has 1 aromatic rings. The number of hydrogen-bond donors (Lipinski definition) is 3. The Morgan fingerprint density at radius 3 is 2.28 bits per heavy atom.